The van der Waals surface area contributed by atoms with Crippen molar-refractivity contribution in [3.63, 3.8) is 0 Å². The fourth-order valence-electron chi connectivity index (χ4n) is 3.29. The standard InChI is InChI=1S/C18H27ClN4O2/c1-18(2,3)25-17(24)22(4)12-5-7-23(8-6-12)16-14(10-20-11-21-16)13-9-15(13)19/h10-13,15H,5-9H2,1-4H3. The molecule has 0 N–H and O–H groups in total. The van der Waals surface area contributed by atoms with E-state index in [9.17, 15) is 4.79 Å². The van der Waals surface area contributed by atoms with Gasteiger partial charge in [-0.2, -0.15) is 0 Å². The highest BCUT2D eigenvalue weighted by atomic mass is 35.5. The Morgan fingerprint density at radius 1 is 1.36 bits per heavy atom. The van der Waals surface area contributed by atoms with Crippen molar-refractivity contribution in [1.82, 2.24) is 14.9 Å². The minimum absolute atomic E-state index is 0.193. The lowest BCUT2D eigenvalue weighted by Crippen LogP contribution is -2.47. The molecule has 0 aromatic carbocycles. The minimum Gasteiger partial charge on any atom is -0.444 e. The summed E-state index contributed by atoms with van der Waals surface area (Å²) in [5.74, 6) is 1.38. The molecule has 1 amide bonds. The number of ether oxygens (including phenoxy) is 1. The summed E-state index contributed by atoms with van der Waals surface area (Å²) >= 11 is 6.22. The van der Waals surface area contributed by atoms with Crippen molar-refractivity contribution in [2.45, 2.75) is 63.0 Å². The van der Waals surface area contributed by atoms with Crippen LogP contribution in [-0.2, 0) is 4.74 Å². The summed E-state index contributed by atoms with van der Waals surface area (Å²) in [6, 6.07) is 0.193. The molecule has 25 heavy (non-hydrogen) atoms. The molecule has 1 aliphatic heterocycles. The first-order valence-electron chi connectivity index (χ1n) is 8.91. The van der Waals surface area contributed by atoms with Crippen LogP contribution in [0.25, 0.3) is 0 Å². The molecule has 1 saturated heterocycles. The van der Waals surface area contributed by atoms with E-state index in [4.69, 9.17) is 16.3 Å². The van der Waals surface area contributed by atoms with E-state index in [1.807, 2.05) is 34.0 Å². The van der Waals surface area contributed by atoms with Crippen molar-refractivity contribution in [2.75, 3.05) is 25.0 Å². The molecule has 6 nitrogen and oxygen atoms in total. The van der Waals surface area contributed by atoms with Gasteiger partial charge in [0.25, 0.3) is 0 Å². The van der Waals surface area contributed by atoms with E-state index in [1.54, 1.807) is 11.2 Å². The second kappa shape index (κ2) is 6.98. The number of piperidine rings is 1. The lowest BCUT2D eigenvalue weighted by molar-refractivity contribution is 0.0201. The summed E-state index contributed by atoms with van der Waals surface area (Å²) in [6.07, 6.45) is 6.04. The summed E-state index contributed by atoms with van der Waals surface area (Å²) in [4.78, 5) is 25.0. The van der Waals surface area contributed by atoms with Gasteiger partial charge in [-0.25, -0.2) is 14.8 Å². The highest BCUT2D eigenvalue weighted by molar-refractivity contribution is 6.23. The molecule has 2 atom stereocenters. The normalized spacial score (nSPS) is 24.1. The van der Waals surface area contributed by atoms with E-state index in [0.717, 1.165) is 43.7 Å². The number of carbonyl (C=O) groups excluding carboxylic acids is 1. The van der Waals surface area contributed by atoms with Crippen molar-refractivity contribution >= 4 is 23.5 Å². The maximum atomic E-state index is 12.3. The lowest BCUT2D eigenvalue weighted by atomic mass is 10.0. The van der Waals surface area contributed by atoms with Gasteiger partial charge < -0.3 is 14.5 Å². The number of aromatic nitrogens is 2. The van der Waals surface area contributed by atoms with E-state index in [2.05, 4.69) is 14.9 Å². The third-order valence-corrected chi connectivity index (χ3v) is 5.31. The van der Waals surface area contributed by atoms with E-state index in [-0.39, 0.29) is 17.5 Å². The van der Waals surface area contributed by atoms with Crippen LogP contribution in [0.2, 0.25) is 0 Å². The molecule has 0 spiro atoms. The highest BCUT2D eigenvalue weighted by Gasteiger charge is 2.40. The van der Waals surface area contributed by atoms with Crippen LogP contribution in [0.3, 0.4) is 0 Å². The topological polar surface area (TPSA) is 58.6 Å². The smallest absolute Gasteiger partial charge is 0.410 e. The number of rotatable bonds is 3. The van der Waals surface area contributed by atoms with Crippen LogP contribution in [0.5, 0.6) is 0 Å². The van der Waals surface area contributed by atoms with Crippen molar-refractivity contribution in [1.29, 1.82) is 0 Å². The second-order valence-corrected chi connectivity index (χ2v) is 8.53. The van der Waals surface area contributed by atoms with Gasteiger partial charge in [0.05, 0.1) is 0 Å². The molecule has 138 valence electrons. The maximum absolute atomic E-state index is 12.3. The quantitative estimate of drug-likeness (QED) is 0.767. The first kappa shape index (κ1) is 18.2. The van der Waals surface area contributed by atoms with E-state index in [0.29, 0.717) is 5.92 Å². The van der Waals surface area contributed by atoms with Crippen LogP contribution in [-0.4, -0.2) is 58.1 Å². The van der Waals surface area contributed by atoms with Crippen LogP contribution in [0.1, 0.15) is 51.5 Å². The first-order valence-corrected chi connectivity index (χ1v) is 9.34. The highest BCUT2D eigenvalue weighted by Crippen LogP contribution is 2.47. The number of halogens is 1. The Hall–Kier alpha value is -1.56. The van der Waals surface area contributed by atoms with Gasteiger partial charge in [-0.15, -0.1) is 11.6 Å². The molecule has 1 saturated carbocycles. The summed E-state index contributed by atoms with van der Waals surface area (Å²) in [5, 5.41) is 0.209. The summed E-state index contributed by atoms with van der Waals surface area (Å²) in [7, 11) is 1.83. The van der Waals surface area contributed by atoms with Gasteiger partial charge in [0, 0.05) is 49.2 Å². The summed E-state index contributed by atoms with van der Waals surface area (Å²) in [6.45, 7) is 7.39. The largest absolute Gasteiger partial charge is 0.444 e. The Balaban J connectivity index is 1.60. The van der Waals surface area contributed by atoms with Crippen molar-refractivity contribution < 1.29 is 9.53 Å². The van der Waals surface area contributed by atoms with Gasteiger partial charge in [-0.3, -0.25) is 0 Å². The van der Waals surface area contributed by atoms with Crippen LogP contribution in [0.4, 0.5) is 10.6 Å². The Kier molecular flexibility index (Phi) is 5.09. The fraction of sp³-hybridized carbons (Fsp3) is 0.722. The molecular weight excluding hydrogens is 340 g/mol. The molecule has 1 aromatic rings. The van der Waals surface area contributed by atoms with E-state index < -0.39 is 5.60 Å². The van der Waals surface area contributed by atoms with E-state index >= 15 is 0 Å². The summed E-state index contributed by atoms with van der Waals surface area (Å²) < 4.78 is 5.47. The van der Waals surface area contributed by atoms with Gasteiger partial charge in [0.15, 0.2) is 0 Å². The molecule has 1 aliphatic carbocycles. The Bertz CT molecular complexity index is 626. The van der Waals surface area contributed by atoms with Gasteiger partial charge >= 0.3 is 6.09 Å². The fourth-order valence-corrected chi connectivity index (χ4v) is 3.62. The third-order valence-electron chi connectivity index (χ3n) is 4.82. The zero-order valence-corrected chi connectivity index (χ0v) is 16.2. The minimum atomic E-state index is -0.468. The molecule has 2 unspecified atom stereocenters. The lowest BCUT2D eigenvalue weighted by Gasteiger charge is -2.38. The first-order chi connectivity index (χ1) is 11.8. The predicted octanol–water partition coefficient (Wildman–Crippen LogP) is 3.41. The van der Waals surface area contributed by atoms with Gasteiger partial charge in [0.1, 0.15) is 17.7 Å². The van der Waals surface area contributed by atoms with Crippen LogP contribution in [0, 0.1) is 0 Å². The van der Waals surface area contributed by atoms with Crippen LogP contribution in [0.15, 0.2) is 12.5 Å². The predicted molar refractivity (Wildman–Crippen MR) is 98.3 cm³/mol. The van der Waals surface area contributed by atoms with E-state index in [1.165, 1.54) is 0 Å². The number of hydrogen-bond acceptors (Lipinski definition) is 5. The third kappa shape index (κ3) is 4.35. The molecular formula is C18H27ClN4O2. The Morgan fingerprint density at radius 2 is 2.00 bits per heavy atom. The monoisotopic (exact) mass is 366 g/mol. The zero-order chi connectivity index (χ0) is 18.2. The van der Waals surface area contributed by atoms with Crippen LogP contribution < -0.4 is 4.90 Å². The molecule has 0 bridgehead atoms. The number of nitrogens with zero attached hydrogens (tertiary/aromatic N) is 4. The SMILES string of the molecule is CN(C(=O)OC(C)(C)C)C1CCN(c2ncncc2C2CC2Cl)CC1. The summed E-state index contributed by atoms with van der Waals surface area (Å²) in [5.41, 5.74) is 0.686. The molecule has 0 radical (unpaired) electrons. The maximum Gasteiger partial charge on any atom is 0.410 e. The van der Waals surface area contributed by atoms with Gasteiger partial charge in [-0.1, -0.05) is 0 Å². The molecule has 7 heteroatoms. The second-order valence-electron chi connectivity index (χ2n) is 7.97. The molecule has 1 aromatic heterocycles. The molecule has 2 heterocycles. The van der Waals surface area contributed by atoms with Crippen LogP contribution >= 0.6 is 11.6 Å². The number of hydrogen-bond donors (Lipinski definition) is 0. The number of carbonyl (C=O) groups is 1. The molecule has 2 fully saturated rings. The average molecular weight is 367 g/mol. The zero-order valence-electron chi connectivity index (χ0n) is 15.4. The van der Waals surface area contributed by atoms with Gasteiger partial charge in [0.2, 0.25) is 0 Å². The molecule has 3 rings (SSSR count). The van der Waals surface area contributed by atoms with Crippen molar-refractivity contribution in [2.24, 2.45) is 0 Å². The average Bonchev–Trinajstić information content (AvgIpc) is 3.29. The molecule has 2 aliphatic rings. The van der Waals surface area contributed by atoms with Crippen molar-refractivity contribution in [3.8, 4) is 0 Å². The van der Waals surface area contributed by atoms with Gasteiger partial charge in [-0.05, 0) is 40.0 Å². The number of amides is 1. The Morgan fingerprint density at radius 3 is 2.56 bits per heavy atom. The number of anilines is 1. The number of alkyl halides is 1. The van der Waals surface area contributed by atoms with Crippen molar-refractivity contribution in [3.05, 3.63) is 18.1 Å². The Labute approximate surface area is 154 Å².